The Labute approximate surface area is 77.7 Å². The summed E-state index contributed by atoms with van der Waals surface area (Å²) >= 11 is 0. The number of nitrogen functional groups attached to an aromatic ring is 1. The van der Waals surface area contributed by atoms with Crippen LogP contribution in [0.3, 0.4) is 0 Å². The molecule has 0 unspecified atom stereocenters. The summed E-state index contributed by atoms with van der Waals surface area (Å²) in [5.41, 5.74) is 5.50. The van der Waals surface area contributed by atoms with Crippen molar-refractivity contribution < 1.29 is 4.42 Å². The highest BCUT2D eigenvalue weighted by molar-refractivity contribution is 5.22. The van der Waals surface area contributed by atoms with Crippen molar-refractivity contribution in [1.82, 2.24) is 10.2 Å². The quantitative estimate of drug-likeness (QED) is 0.741. The van der Waals surface area contributed by atoms with Crippen LogP contribution in [-0.4, -0.2) is 16.7 Å². The first-order valence-corrected chi connectivity index (χ1v) is 4.36. The average Bonchev–Trinajstić information content (AvgIpc) is 2.48. The van der Waals surface area contributed by atoms with E-state index in [0.717, 1.165) is 13.0 Å². The standard InChI is InChI=1S/C8H16N4O/c1-4-8(2,3)5-10-7-12-11-6(9)13-7/h4-5H2,1-3H3,(H2,9,11)(H,10,12). The molecule has 0 saturated carbocycles. The third-order valence-electron chi connectivity index (χ3n) is 2.12. The zero-order valence-electron chi connectivity index (χ0n) is 8.29. The second-order valence-electron chi connectivity index (χ2n) is 3.82. The minimum atomic E-state index is 0.0943. The smallest absolute Gasteiger partial charge is 0.316 e. The Morgan fingerprint density at radius 2 is 2.15 bits per heavy atom. The van der Waals surface area contributed by atoms with Crippen LogP contribution < -0.4 is 11.1 Å². The van der Waals surface area contributed by atoms with E-state index in [-0.39, 0.29) is 11.4 Å². The molecule has 0 amide bonds. The Kier molecular flexibility index (Phi) is 2.75. The van der Waals surface area contributed by atoms with Crippen LogP contribution in [0, 0.1) is 5.41 Å². The molecule has 0 aliphatic carbocycles. The molecular formula is C8H16N4O. The summed E-state index contributed by atoms with van der Waals surface area (Å²) in [5.74, 6) is 0. The summed E-state index contributed by atoms with van der Waals surface area (Å²) in [5, 5.41) is 10.3. The highest BCUT2D eigenvalue weighted by atomic mass is 16.4. The third kappa shape index (κ3) is 2.93. The number of rotatable bonds is 4. The molecule has 0 aliphatic heterocycles. The average molecular weight is 184 g/mol. The largest absolute Gasteiger partial charge is 0.390 e. The van der Waals surface area contributed by atoms with Gasteiger partial charge in [-0.25, -0.2) is 0 Å². The van der Waals surface area contributed by atoms with E-state index in [0.29, 0.717) is 6.01 Å². The first kappa shape index (κ1) is 9.83. The van der Waals surface area contributed by atoms with Gasteiger partial charge in [-0.3, -0.25) is 0 Å². The van der Waals surface area contributed by atoms with Gasteiger partial charge < -0.3 is 15.5 Å². The van der Waals surface area contributed by atoms with Crippen LogP contribution in [0.15, 0.2) is 4.42 Å². The molecule has 0 radical (unpaired) electrons. The molecule has 0 fully saturated rings. The van der Waals surface area contributed by atoms with Gasteiger partial charge in [-0.1, -0.05) is 31.0 Å². The first-order valence-electron chi connectivity index (χ1n) is 4.36. The van der Waals surface area contributed by atoms with Crippen molar-refractivity contribution in [1.29, 1.82) is 0 Å². The van der Waals surface area contributed by atoms with E-state index in [1.807, 2.05) is 0 Å². The van der Waals surface area contributed by atoms with E-state index in [9.17, 15) is 0 Å². The molecule has 1 heterocycles. The van der Waals surface area contributed by atoms with Crippen LogP contribution in [0.1, 0.15) is 27.2 Å². The van der Waals surface area contributed by atoms with Crippen LogP contribution in [0.2, 0.25) is 0 Å². The fourth-order valence-electron chi connectivity index (χ4n) is 0.746. The lowest BCUT2D eigenvalue weighted by Crippen LogP contribution is -2.22. The molecule has 3 N–H and O–H groups in total. The topological polar surface area (TPSA) is 77.0 Å². The summed E-state index contributed by atoms with van der Waals surface area (Å²) in [6, 6.07) is 0.482. The number of nitrogens with one attached hydrogen (secondary N) is 1. The molecule has 0 atom stereocenters. The van der Waals surface area contributed by atoms with Crippen LogP contribution >= 0.6 is 0 Å². The van der Waals surface area contributed by atoms with Gasteiger partial charge in [0, 0.05) is 6.54 Å². The maximum atomic E-state index is 5.27. The molecule has 0 aliphatic rings. The van der Waals surface area contributed by atoms with Gasteiger partial charge in [-0.05, 0) is 11.8 Å². The first-order chi connectivity index (χ1) is 6.03. The van der Waals surface area contributed by atoms with Gasteiger partial charge in [-0.15, -0.1) is 0 Å². The predicted octanol–water partition coefficient (Wildman–Crippen LogP) is 1.50. The summed E-state index contributed by atoms with van der Waals surface area (Å²) in [7, 11) is 0. The number of hydrogen-bond acceptors (Lipinski definition) is 5. The summed E-state index contributed by atoms with van der Waals surface area (Å²) in [4.78, 5) is 0. The molecule has 13 heavy (non-hydrogen) atoms. The van der Waals surface area contributed by atoms with Gasteiger partial charge in [0.1, 0.15) is 0 Å². The van der Waals surface area contributed by atoms with Crippen LogP contribution in [-0.2, 0) is 0 Å². The Bertz CT molecular complexity index is 269. The lowest BCUT2D eigenvalue weighted by atomic mass is 9.90. The van der Waals surface area contributed by atoms with Gasteiger partial charge >= 0.3 is 12.0 Å². The van der Waals surface area contributed by atoms with E-state index in [2.05, 4.69) is 36.3 Å². The highest BCUT2D eigenvalue weighted by Gasteiger charge is 2.15. The van der Waals surface area contributed by atoms with Crippen molar-refractivity contribution in [2.24, 2.45) is 5.41 Å². The van der Waals surface area contributed by atoms with Crippen molar-refractivity contribution >= 4 is 12.0 Å². The zero-order chi connectivity index (χ0) is 9.90. The zero-order valence-corrected chi connectivity index (χ0v) is 8.29. The van der Waals surface area contributed by atoms with Crippen molar-refractivity contribution in [3.63, 3.8) is 0 Å². The van der Waals surface area contributed by atoms with Gasteiger partial charge in [0.25, 0.3) is 0 Å². The molecule has 1 aromatic rings. The molecule has 0 spiro atoms. The second kappa shape index (κ2) is 3.64. The lowest BCUT2D eigenvalue weighted by molar-refractivity contribution is 0.372. The van der Waals surface area contributed by atoms with Crippen LogP contribution in [0.5, 0.6) is 0 Å². The summed E-state index contributed by atoms with van der Waals surface area (Å²) in [6.07, 6.45) is 1.09. The van der Waals surface area contributed by atoms with Gasteiger partial charge in [-0.2, -0.15) is 0 Å². The Hall–Kier alpha value is -1.26. The maximum absolute atomic E-state index is 5.27. The lowest BCUT2D eigenvalue weighted by Gasteiger charge is -2.21. The van der Waals surface area contributed by atoms with E-state index in [1.54, 1.807) is 0 Å². The predicted molar refractivity (Wildman–Crippen MR) is 51.3 cm³/mol. The Morgan fingerprint density at radius 1 is 1.46 bits per heavy atom. The van der Waals surface area contributed by atoms with E-state index in [4.69, 9.17) is 10.2 Å². The monoisotopic (exact) mass is 184 g/mol. The minimum absolute atomic E-state index is 0.0943. The van der Waals surface area contributed by atoms with Crippen molar-refractivity contribution in [3.8, 4) is 0 Å². The number of anilines is 2. The van der Waals surface area contributed by atoms with Crippen molar-refractivity contribution in [3.05, 3.63) is 0 Å². The number of hydrogen-bond donors (Lipinski definition) is 2. The molecule has 0 bridgehead atoms. The van der Waals surface area contributed by atoms with Crippen LogP contribution in [0.25, 0.3) is 0 Å². The molecule has 1 rings (SSSR count). The SMILES string of the molecule is CCC(C)(C)CNc1nnc(N)o1. The molecular weight excluding hydrogens is 168 g/mol. The fourth-order valence-corrected chi connectivity index (χ4v) is 0.746. The Morgan fingerprint density at radius 3 is 2.62 bits per heavy atom. The van der Waals surface area contributed by atoms with Crippen LogP contribution in [0.4, 0.5) is 12.0 Å². The van der Waals surface area contributed by atoms with E-state index >= 15 is 0 Å². The molecule has 1 aromatic heterocycles. The molecule has 74 valence electrons. The molecule has 5 heteroatoms. The van der Waals surface area contributed by atoms with E-state index in [1.165, 1.54) is 0 Å². The molecule has 0 saturated heterocycles. The minimum Gasteiger partial charge on any atom is -0.390 e. The molecule has 5 nitrogen and oxygen atoms in total. The molecule has 0 aromatic carbocycles. The number of nitrogens with two attached hydrogens (primary N) is 1. The van der Waals surface area contributed by atoms with Crippen molar-refractivity contribution in [2.75, 3.05) is 17.6 Å². The highest BCUT2D eigenvalue weighted by Crippen LogP contribution is 2.20. The summed E-state index contributed by atoms with van der Waals surface area (Å²) in [6.45, 7) is 7.27. The normalized spacial score (nSPS) is 11.6. The summed E-state index contributed by atoms with van der Waals surface area (Å²) < 4.78 is 4.97. The van der Waals surface area contributed by atoms with Gasteiger partial charge in [0.15, 0.2) is 0 Å². The Balaban J connectivity index is 2.43. The maximum Gasteiger partial charge on any atom is 0.316 e. The van der Waals surface area contributed by atoms with E-state index < -0.39 is 0 Å². The van der Waals surface area contributed by atoms with Crippen molar-refractivity contribution in [2.45, 2.75) is 27.2 Å². The number of nitrogens with zero attached hydrogens (tertiary/aromatic N) is 2. The van der Waals surface area contributed by atoms with Gasteiger partial charge in [0.05, 0.1) is 0 Å². The third-order valence-corrected chi connectivity index (χ3v) is 2.12. The second-order valence-corrected chi connectivity index (χ2v) is 3.82. The van der Waals surface area contributed by atoms with Gasteiger partial charge in [0.2, 0.25) is 0 Å². The number of aromatic nitrogens is 2. The fraction of sp³-hybridized carbons (Fsp3) is 0.750.